The molecule has 4 rings (SSSR count). The molecule has 1 aromatic carbocycles. The first-order valence-corrected chi connectivity index (χ1v) is 10.8. The van der Waals surface area contributed by atoms with E-state index in [4.69, 9.17) is 14.5 Å². The third-order valence-electron chi connectivity index (χ3n) is 5.00. The van der Waals surface area contributed by atoms with Gasteiger partial charge in [0.05, 0.1) is 12.4 Å². The molecule has 1 saturated heterocycles. The molecule has 9 heteroatoms. The lowest BCUT2D eigenvalue weighted by atomic mass is 9.89. The van der Waals surface area contributed by atoms with Crippen molar-refractivity contribution in [2.24, 2.45) is 10.1 Å². The predicted molar refractivity (Wildman–Crippen MR) is 121 cm³/mol. The Kier molecular flexibility index (Phi) is 6.60. The first-order chi connectivity index (χ1) is 14.7. The van der Waals surface area contributed by atoms with Crippen LogP contribution in [0, 0.1) is 6.92 Å². The second-order valence-corrected chi connectivity index (χ2v) is 7.88. The van der Waals surface area contributed by atoms with Crippen molar-refractivity contribution < 1.29 is 9.47 Å². The summed E-state index contributed by atoms with van der Waals surface area (Å²) in [6, 6.07) is 8.13. The van der Waals surface area contributed by atoms with Crippen LogP contribution < -0.4 is 20.1 Å². The number of ether oxygens (including phenoxy) is 2. The number of aliphatic imine (C=N–C) groups is 1. The lowest BCUT2D eigenvalue weighted by Crippen LogP contribution is -2.37. The summed E-state index contributed by atoms with van der Waals surface area (Å²) in [5.41, 5.74) is 2.19. The van der Waals surface area contributed by atoms with E-state index in [1.165, 1.54) is 11.5 Å². The van der Waals surface area contributed by atoms with Gasteiger partial charge in [-0.05, 0) is 61.3 Å². The van der Waals surface area contributed by atoms with Gasteiger partial charge in [-0.2, -0.15) is 9.47 Å². The average molecular weight is 427 g/mol. The number of nitrogens with zero attached hydrogens (tertiary/aromatic N) is 4. The Balaban J connectivity index is 1.36. The van der Waals surface area contributed by atoms with Crippen LogP contribution in [0.25, 0.3) is 0 Å². The van der Waals surface area contributed by atoms with E-state index in [1.807, 2.05) is 36.3 Å². The van der Waals surface area contributed by atoms with Crippen molar-refractivity contribution in [3.63, 3.8) is 0 Å². The molecule has 1 atom stereocenters. The van der Waals surface area contributed by atoms with Gasteiger partial charge in [-0.25, -0.2) is 0 Å². The van der Waals surface area contributed by atoms with Crippen molar-refractivity contribution in [1.29, 1.82) is 0 Å². The third kappa shape index (κ3) is 4.80. The molecule has 1 fully saturated rings. The van der Waals surface area contributed by atoms with Crippen LogP contribution in [-0.4, -0.2) is 48.5 Å². The molecule has 2 N–H and O–H groups in total. The van der Waals surface area contributed by atoms with Crippen molar-refractivity contribution in [2.45, 2.75) is 25.7 Å². The third-order valence-corrected chi connectivity index (χ3v) is 5.81. The molecule has 3 heterocycles. The Morgan fingerprint density at radius 2 is 2.23 bits per heavy atom. The van der Waals surface area contributed by atoms with Gasteiger partial charge in [-0.15, -0.1) is 0 Å². The predicted octanol–water partition coefficient (Wildman–Crippen LogP) is 3.55. The van der Waals surface area contributed by atoms with E-state index in [1.54, 1.807) is 0 Å². The fraction of sp³-hybridized carbons (Fsp3) is 0.381. The van der Waals surface area contributed by atoms with Crippen LogP contribution in [0.2, 0.25) is 0 Å². The molecule has 2 aliphatic heterocycles. The number of benzene rings is 1. The Hall–Kier alpha value is -2.91. The van der Waals surface area contributed by atoms with Gasteiger partial charge in [-0.3, -0.25) is 15.3 Å². The van der Waals surface area contributed by atoms with Crippen molar-refractivity contribution in [2.75, 3.05) is 31.9 Å². The summed E-state index contributed by atoms with van der Waals surface area (Å²) in [6.45, 7) is 8.03. The molecule has 0 aliphatic carbocycles. The van der Waals surface area contributed by atoms with Gasteiger partial charge in [-0.1, -0.05) is 12.1 Å². The Labute approximate surface area is 180 Å². The molecule has 2 aromatic rings. The largest absolute Gasteiger partial charge is 0.454 e. The molecule has 0 amide bonds. The zero-order valence-corrected chi connectivity index (χ0v) is 17.8. The monoisotopic (exact) mass is 426 g/mol. The van der Waals surface area contributed by atoms with Gasteiger partial charge in [0.25, 0.3) is 0 Å². The fourth-order valence-electron chi connectivity index (χ4n) is 3.57. The summed E-state index contributed by atoms with van der Waals surface area (Å²) >= 11 is 1.45. The molecule has 2 aliphatic rings. The Morgan fingerprint density at radius 3 is 3.07 bits per heavy atom. The first kappa shape index (κ1) is 20.4. The molecule has 0 bridgehead atoms. The standard InChI is InChI=1S/C21H26N6O2S/c1-15-11-20(30-26-15)24-9-4-8-23-13-25-21-17(5-3-10-27(21)22-2)16-6-7-18-19(12-16)29-14-28-18/h4,6-7,9,11-12,17,23-24H,2-3,5,8,10,13-14H2,1H3/b9-4+,25-21-. The van der Waals surface area contributed by atoms with Crippen molar-refractivity contribution in [3.8, 4) is 11.5 Å². The van der Waals surface area contributed by atoms with E-state index >= 15 is 0 Å². The van der Waals surface area contributed by atoms with Gasteiger partial charge >= 0.3 is 0 Å². The fourth-order valence-corrected chi connectivity index (χ4v) is 4.20. The van der Waals surface area contributed by atoms with E-state index < -0.39 is 0 Å². The highest BCUT2D eigenvalue weighted by molar-refractivity contribution is 7.10. The van der Waals surface area contributed by atoms with Crippen molar-refractivity contribution in [1.82, 2.24) is 14.7 Å². The van der Waals surface area contributed by atoms with Crippen LogP contribution in [0.5, 0.6) is 11.5 Å². The summed E-state index contributed by atoms with van der Waals surface area (Å²) in [5.74, 6) is 2.68. The van der Waals surface area contributed by atoms with E-state index in [0.717, 1.165) is 53.0 Å². The van der Waals surface area contributed by atoms with Crippen LogP contribution >= 0.6 is 11.5 Å². The maximum atomic E-state index is 5.55. The summed E-state index contributed by atoms with van der Waals surface area (Å²) in [4.78, 5) is 4.81. The maximum absolute atomic E-state index is 5.55. The SMILES string of the molecule is C=NN1CCCC(c2ccc3c(c2)OCO3)/C1=N/CNC/C=C/Nc1cc(C)ns1. The number of hydrazone groups is 1. The van der Waals surface area contributed by atoms with Gasteiger partial charge in [0, 0.05) is 25.7 Å². The topological polar surface area (TPSA) is 83.4 Å². The maximum Gasteiger partial charge on any atom is 0.231 e. The molecular weight excluding hydrogens is 400 g/mol. The zero-order chi connectivity index (χ0) is 20.8. The number of anilines is 1. The van der Waals surface area contributed by atoms with E-state index in [2.05, 4.69) is 39.0 Å². The van der Waals surface area contributed by atoms with E-state index in [9.17, 15) is 0 Å². The molecule has 0 radical (unpaired) electrons. The van der Waals surface area contributed by atoms with Crippen LogP contribution in [0.1, 0.15) is 30.0 Å². The van der Waals surface area contributed by atoms with E-state index in [-0.39, 0.29) is 12.7 Å². The lowest BCUT2D eigenvalue weighted by Gasteiger charge is -2.32. The molecule has 1 aromatic heterocycles. The summed E-state index contributed by atoms with van der Waals surface area (Å²) < 4.78 is 15.2. The normalized spacial score (nSPS) is 19.6. The van der Waals surface area contributed by atoms with Gasteiger partial charge < -0.3 is 14.8 Å². The smallest absolute Gasteiger partial charge is 0.231 e. The number of rotatable bonds is 8. The van der Waals surface area contributed by atoms with Crippen LogP contribution in [0.4, 0.5) is 5.00 Å². The molecule has 1 unspecified atom stereocenters. The number of hydrogen-bond donors (Lipinski definition) is 2. The van der Waals surface area contributed by atoms with E-state index in [0.29, 0.717) is 13.2 Å². The number of aryl methyl sites for hydroxylation is 1. The second-order valence-electron chi connectivity index (χ2n) is 7.08. The number of nitrogens with one attached hydrogen (secondary N) is 2. The molecular formula is C21H26N6O2S. The van der Waals surface area contributed by atoms with Gasteiger partial charge in [0.1, 0.15) is 10.8 Å². The number of amidine groups is 1. The quantitative estimate of drug-likeness (QED) is 0.496. The average Bonchev–Trinajstić information content (AvgIpc) is 3.41. The highest BCUT2D eigenvalue weighted by Gasteiger charge is 2.29. The van der Waals surface area contributed by atoms with Crippen LogP contribution in [-0.2, 0) is 0 Å². The van der Waals surface area contributed by atoms with Gasteiger partial charge in [0.2, 0.25) is 6.79 Å². The van der Waals surface area contributed by atoms with Crippen LogP contribution in [0.15, 0.2) is 46.6 Å². The Morgan fingerprint density at radius 1 is 1.33 bits per heavy atom. The summed E-state index contributed by atoms with van der Waals surface area (Å²) in [6.07, 6.45) is 5.99. The summed E-state index contributed by atoms with van der Waals surface area (Å²) in [7, 11) is 0. The molecule has 8 nitrogen and oxygen atoms in total. The highest BCUT2D eigenvalue weighted by Crippen LogP contribution is 2.37. The zero-order valence-electron chi connectivity index (χ0n) is 17.0. The minimum atomic E-state index is 0.160. The second kappa shape index (κ2) is 9.73. The van der Waals surface area contributed by atoms with Crippen LogP contribution in [0.3, 0.4) is 0 Å². The number of piperidine rings is 1. The summed E-state index contributed by atoms with van der Waals surface area (Å²) in [5, 5.41) is 13.7. The Bertz CT molecular complexity index is 941. The van der Waals surface area contributed by atoms with Crippen molar-refractivity contribution in [3.05, 3.63) is 47.8 Å². The number of hydrogen-bond acceptors (Lipinski definition) is 8. The van der Waals surface area contributed by atoms with Crippen molar-refractivity contribution >= 4 is 29.1 Å². The number of fused-ring (bicyclic) bond motifs is 1. The molecule has 30 heavy (non-hydrogen) atoms. The number of aromatic nitrogens is 1. The first-order valence-electron chi connectivity index (χ1n) is 9.98. The lowest BCUT2D eigenvalue weighted by molar-refractivity contribution is 0.174. The molecule has 158 valence electrons. The minimum Gasteiger partial charge on any atom is -0.454 e. The minimum absolute atomic E-state index is 0.160. The van der Waals surface area contributed by atoms with Gasteiger partial charge in [0.15, 0.2) is 11.5 Å². The molecule has 0 spiro atoms. The molecule has 0 saturated carbocycles. The highest BCUT2D eigenvalue weighted by atomic mass is 32.1.